The molecule has 0 unspecified atom stereocenters. The minimum absolute atomic E-state index is 0.268. The third-order valence-corrected chi connectivity index (χ3v) is 8.49. The van der Waals surface area contributed by atoms with Crippen LogP contribution in [0.3, 0.4) is 0 Å². The molecule has 0 spiro atoms. The van der Waals surface area contributed by atoms with Gasteiger partial charge in [-0.1, -0.05) is 6.07 Å². The van der Waals surface area contributed by atoms with Gasteiger partial charge in [0.1, 0.15) is 12.4 Å². The Morgan fingerprint density at radius 1 is 1.21 bits per heavy atom. The standard InChI is InChI=1S/C31H43N9O2/c1-22-17-33-26(15-24-7-9-25(10-8-24)35-23(2)18-42-19-30-37-39-40(3)38-30)16-27(22)28-5-4-6-29(36-28)34-21-31(20-32)11-13-41-14-12-31/h4-6,16-17,23-25,35H,7-15,18-19,21H2,1-3H3,(H,34,36)/t23-,24?,25?/m1/s1. The highest BCUT2D eigenvalue weighted by Gasteiger charge is 2.32. The maximum Gasteiger partial charge on any atom is 0.200 e. The van der Waals surface area contributed by atoms with Crippen LogP contribution in [0.5, 0.6) is 0 Å². The number of tetrazole rings is 1. The highest BCUT2D eigenvalue weighted by Crippen LogP contribution is 2.31. The van der Waals surface area contributed by atoms with E-state index in [0.717, 1.165) is 60.4 Å². The first-order valence-electron chi connectivity index (χ1n) is 15.1. The van der Waals surface area contributed by atoms with Gasteiger partial charge < -0.3 is 20.1 Å². The van der Waals surface area contributed by atoms with Crippen LogP contribution in [-0.2, 0) is 29.5 Å². The molecule has 1 aliphatic heterocycles. The van der Waals surface area contributed by atoms with Crippen molar-refractivity contribution < 1.29 is 9.47 Å². The van der Waals surface area contributed by atoms with Crippen molar-refractivity contribution in [1.82, 2.24) is 35.5 Å². The fourth-order valence-corrected chi connectivity index (χ4v) is 5.98. The molecular weight excluding hydrogens is 530 g/mol. The fourth-order valence-electron chi connectivity index (χ4n) is 5.98. The Balaban J connectivity index is 1.10. The van der Waals surface area contributed by atoms with E-state index in [0.29, 0.717) is 50.8 Å². The molecule has 0 radical (unpaired) electrons. The summed E-state index contributed by atoms with van der Waals surface area (Å²) in [7, 11) is 1.75. The molecule has 1 aliphatic carbocycles. The molecule has 224 valence electrons. The molecule has 5 rings (SSSR count). The Morgan fingerprint density at radius 2 is 2.02 bits per heavy atom. The molecule has 3 aromatic rings. The molecule has 11 heteroatoms. The van der Waals surface area contributed by atoms with Gasteiger partial charge in [0.15, 0.2) is 5.82 Å². The number of rotatable bonds is 12. The van der Waals surface area contributed by atoms with Crippen LogP contribution < -0.4 is 10.6 Å². The summed E-state index contributed by atoms with van der Waals surface area (Å²) in [4.78, 5) is 11.1. The van der Waals surface area contributed by atoms with E-state index in [4.69, 9.17) is 19.4 Å². The first kappa shape index (κ1) is 30.0. The van der Waals surface area contributed by atoms with E-state index >= 15 is 0 Å². The molecule has 2 fully saturated rings. The lowest BCUT2D eigenvalue weighted by Crippen LogP contribution is -2.41. The van der Waals surface area contributed by atoms with E-state index in [2.05, 4.69) is 58.1 Å². The maximum absolute atomic E-state index is 9.79. The molecule has 1 atom stereocenters. The van der Waals surface area contributed by atoms with E-state index in [9.17, 15) is 5.26 Å². The van der Waals surface area contributed by atoms with Crippen LogP contribution in [-0.4, -0.2) is 68.6 Å². The van der Waals surface area contributed by atoms with Crippen LogP contribution in [0.2, 0.25) is 0 Å². The number of pyridine rings is 2. The highest BCUT2D eigenvalue weighted by atomic mass is 16.5. The fraction of sp³-hybridized carbons (Fsp3) is 0.613. The number of nitriles is 1. The van der Waals surface area contributed by atoms with Crippen LogP contribution in [0.1, 0.15) is 62.5 Å². The summed E-state index contributed by atoms with van der Waals surface area (Å²) in [5.74, 6) is 2.03. The summed E-state index contributed by atoms with van der Waals surface area (Å²) in [6, 6.07) is 11.6. The molecule has 0 bridgehead atoms. The van der Waals surface area contributed by atoms with Crippen LogP contribution in [0, 0.1) is 29.6 Å². The normalized spacial score (nSPS) is 21.0. The molecule has 11 nitrogen and oxygen atoms in total. The Bertz CT molecular complexity index is 1340. The third-order valence-electron chi connectivity index (χ3n) is 8.49. The first-order chi connectivity index (χ1) is 20.4. The van der Waals surface area contributed by atoms with Crippen molar-refractivity contribution in [2.24, 2.45) is 18.4 Å². The van der Waals surface area contributed by atoms with E-state index in [1.165, 1.54) is 17.6 Å². The molecule has 4 heterocycles. The molecular formula is C31H43N9O2. The molecule has 2 N–H and O–H groups in total. The van der Waals surface area contributed by atoms with E-state index in [1.54, 1.807) is 7.05 Å². The summed E-state index contributed by atoms with van der Waals surface area (Å²) in [6.07, 6.45) is 9.13. The second-order valence-electron chi connectivity index (χ2n) is 12.0. The number of nitrogens with zero attached hydrogens (tertiary/aromatic N) is 7. The number of hydrogen-bond acceptors (Lipinski definition) is 10. The summed E-state index contributed by atoms with van der Waals surface area (Å²) in [5, 5.41) is 28.9. The van der Waals surface area contributed by atoms with Crippen molar-refractivity contribution in [1.29, 1.82) is 5.26 Å². The van der Waals surface area contributed by atoms with Gasteiger partial charge in [0, 0.05) is 49.3 Å². The van der Waals surface area contributed by atoms with Crippen molar-refractivity contribution in [3.63, 3.8) is 0 Å². The number of aromatic nitrogens is 6. The Morgan fingerprint density at radius 3 is 2.76 bits per heavy atom. The second-order valence-corrected chi connectivity index (χ2v) is 12.0. The van der Waals surface area contributed by atoms with Crippen molar-refractivity contribution in [3.05, 3.63) is 47.5 Å². The summed E-state index contributed by atoms with van der Waals surface area (Å²) < 4.78 is 11.2. The Labute approximate surface area is 248 Å². The second kappa shape index (κ2) is 14.1. The summed E-state index contributed by atoms with van der Waals surface area (Å²) in [6.45, 7) is 7.10. The van der Waals surface area contributed by atoms with Crippen molar-refractivity contribution in [3.8, 4) is 17.3 Å². The predicted octanol–water partition coefficient (Wildman–Crippen LogP) is 4.00. The predicted molar refractivity (Wildman–Crippen MR) is 159 cm³/mol. The van der Waals surface area contributed by atoms with Gasteiger partial charge in [0.05, 0.1) is 30.8 Å². The van der Waals surface area contributed by atoms with Gasteiger partial charge in [0.2, 0.25) is 0 Å². The zero-order chi connectivity index (χ0) is 29.4. The number of anilines is 1. The van der Waals surface area contributed by atoms with Crippen LogP contribution in [0.15, 0.2) is 30.5 Å². The topological polar surface area (TPSA) is 136 Å². The van der Waals surface area contributed by atoms with E-state index < -0.39 is 5.41 Å². The number of ether oxygens (including phenoxy) is 2. The van der Waals surface area contributed by atoms with E-state index in [-0.39, 0.29) is 6.04 Å². The Hall–Kier alpha value is -3.46. The monoisotopic (exact) mass is 573 g/mol. The van der Waals surface area contributed by atoms with Gasteiger partial charge in [-0.15, -0.1) is 10.2 Å². The largest absolute Gasteiger partial charge is 0.381 e. The minimum Gasteiger partial charge on any atom is -0.381 e. The molecule has 42 heavy (non-hydrogen) atoms. The lowest BCUT2D eigenvalue weighted by Gasteiger charge is -2.31. The van der Waals surface area contributed by atoms with Crippen LogP contribution >= 0.6 is 0 Å². The molecule has 0 aromatic carbocycles. The maximum atomic E-state index is 9.79. The molecule has 0 amide bonds. The molecule has 1 saturated heterocycles. The van der Waals surface area contributed by atoms with Crippen molar-refractivity contribution in [2.45, 2.75) is 77.5 Å². The number of hydrogen-bond donors (Lipinski definition) is 2. The van der Waals surface area contributed by atoms with Crippen molar-refractivity contribution in [2.75, 3.05) is 31.7 Å². The summed E-state index contributed by atoms with van der Waals surface area (Å²) in [5.41, 5.74) is 3.88. The first-order valence-corrected chi connectivity index (χ1v) is 15.1. The summed E-state index contributed by atoms with van der Waals surface area (Å²) >= 11 is 0. The Kier molecular flexibility index (Phi) is 10.1. The average Bonchev–Trinajstić information content (AvgIpc) is 3.43. The van der Waals surface area contributed by atoms with Gasteiger partial charge in [0.25, 0.3) is 0 Å². The number of aryl methyl sites for hydroxylation is 2. The van der Waals surface area contributed by atoms with Gasteiger partial charge in [-0.05, 0) is 93.7 Å². The van der Waals surface area contributed by atoms with Gasteiger partial charge in [-0.3, -0.25) is 4.98 Å². The average molecular weight is 574 g/mol. The molecule has 2 aliphatic rings. The van der Waals surface area contributed by atoms with Crippen molar-refractivity contribution >= 4 is 5.82 Å². The zero-order valence-corrected chi connectivity index (χ0v) is 25.1. The van der Waals surface area contributed by atoms with E-state index in [1.807, 2.05) is 18.3 Å². The molecule has 1 saturated carbocycles. The van der Waals surface area contributed by atoms with Crippen LogP contribution in [0.25, 0.3) is 11.3 Å². The minimum atomic E-state index is -0.397. The van der Waals surface area contributed by atoms with Gasteiger partial charge >= 0.3 is 0 Å². The smallest absolute Gasteiger partial charge is 0.200 e. The quantitative estimate of drug-likeness (QED) is 0.327. The van der Waals surface area contributed by atoms with Crippen LogP contribution in [0.4, 0.5) is 5.82 Å². The lowest BCUT2D eigenvalue weighted by atomic mass is 9.82. The molecule has 3 aromatic heterocycles. The highest BCUT2D eigenvalue weighted by molar-refractivity contribution is 5.65. The zero-order valence-electron chi connectivity index (χ0n) is 25.1. The SMILES string of the molecule is Cc1cnc(CC2CCC(N[C@H](C)COCc3nnn(C)n3)CC2)cc1-c1cccc(NCC2(C#N)CCOCC2)n1. The lowest BCUT2D eigenvalue weighted by molar-refractivity contribution is 0.0455. The van der Waals surface area contributed by atoms with Gasteiger partial charge in [-0.2, -0.15) is 10.1 Å². The van der Waals surface area contributed by atoms with Gasteiger partial charge in [-0.25, -0.2) is 4.98 Å². The number of nitrogens with one attached hydrogen (secondary N) is 2. The third kappa shape index (κ3) is 8.09.